The molecule has 0 fully saturated rings. The maximum absolute atomic E-state index is 13.8. The van der Waals surface area contributed by atoms with Crippen molar-refractivity contribution in [2.45, 2.75) is 13.0 Å². The second-order valence-electron chi connectivity index (χ2n) is 3.94. The number of rotatable bonds is 3. The minimum atomic E-state index is -0.559. The van der Waals surface area contributed by atoms with Gasteiger partial charge in [0.1, 0.15) is 5.82 Å². The van der Waals surface area contributed by atoms with Crippen LogP contribution in [-0.4, -0.2) is 5.91 Å². The van der Waals surface area contributed by atoms with E-state index in [-0.39, 0.29) is 16.1 Å². The summed E-state index contributed by atoms with van der Waals surface area (Å²) in [5.41, 5.74) is 0.0175. The first kappa shape index (κ1) is 14.5. The fourth-order valence-corrected chi connectivity index (χ4v) is 3.02. The summed E-state index contributed by atoms with van der Waals surface area (Å²) in [5.74, 6) is -1.01. The fourth-order valence-electron chi connectivity index (χ4n) is 1.59. The number of benzene rings is 1. The molecule has 100 valence electrons. The lowest BCUT2D eigenvalue weighted by Crippen LogP contribution is -2.27. The van der Waals surface area contributed by atoms with Crippen molar-refractivity contribution in [3.8, 4) is 0 Å². The number of hydrogen-bond acceptors (Lipinski definition) is 2. The van der Waals surface area contributed by atoms with E-state index in [1.54, 1.807) is 18.2 Å². The molecule has 19 heavy (non-hydrogen) atoms. The Bertz CT molecular complexity index is 616. The van der Waals surface area contributed by atoms with E-state index in [1.807, 2.05) is 13.0 Å². The van der Waals surface area contributed by atoms with Gasteiger partial charge in [0.05, 0.1) is 20.4 Å². The molecule has 1 unspecified atom stereocenters. The van der Waals surface area contributed by atoms with Gasteiger partial charge in [-0.15, -0.1) is 11.3 Å². The standard InChI is InChI=1S/C13H10BrClFNOS/c1-7(10-5-6-11(15)19-10)17-13(18)8-3-2-4-9(14)12(8)16/h2-7H,1H3,(H,17,18). The lowest BCUT2D eigenvalue weighted by Gasteiger charge is -2.12. The number of amides is 1. The van der Waals surface area contributed by atoms with Gasteiger partial charge in [-0.25, -0.2) is 4.39 Å². The highest BCUT2D eigenvalue weighted by Gasteiger charge is 2.17. The van der Waals surface area contributed by atoms with E-state index in [1.165, 1.54) is 17.4 Å². The van der Waals surface area contributed by atoms with Crippen LogP contribution in [0.15, 0.2) is 34.8 Å². The Morgan fingerprint density at radius 1 is 1.42 bits per heavy atom. The molecule has 6 heteroatoms. The summed E-state index contributed by atoms with van der Waals surface area (Å²) in [5, 5.41) is 2.75. The molecule has 0 saturated heterocycles. The van der Waals surface area contributed by atoms with E-state index in [4.69, 9.17) is 11.6 Å². The number of hydrogen-bond donors (Lipinski definition) is 1. The van der Waals surface area contributed by atoms with Crippen LogP contribution in [0.1, 0.15) is 28.2 Å². The second-order valence-corrected chi connectivity index (χ2v) is 6.54. The third kappa shape index (κ3) is 3.35. The zero-order chi connectivity index (χ0) is 14.0. The monoisotopic (exact) mass is 361 g/mol. The molecule has 1 amide bonds. The first-order chi connectivity index (χ1) is 8.99. The van der Waals surface area contributed by atoms with Crippen molar-refractivity contribution < 1.29 is 9.18 Å². The van der Waals surface area contributed by atoms with Crippen molar-refractivity contribution in [3.05, 3.63) is 55.4 Å². The maximum Gasteiger partial charge on any atom is 0.254 e. The van der Waals surface area contributed by atoms with Crippen molar-refractivity contribution in [2.75, 3.05) is 0 Å². The number of thiophene rings is 1. The molecule has 0 aliphatic heterocycles. The highest BCUT2D eigenvalue weighted by molar-refractivity contribution is 9.10. The predicted octanol–water partition coefficient (Wildman–Crippen LogP) is 4.79. The van der Waals surface area contributed by atoms with E-state index in [0.29, 0.717) is 4.34 Å². The molecule has 0 aliphatic carbocycles. The Morgan fingerprint density at radius 3 is 2.79 bits per heavy atom. The Morgan fingerprint density at radius 2 is 2.16 bits per heavy atom. The number of halogens is 3. The third-order valence-electron chi connectivity index (χ3n) is 2.56. The SMILES string of the molecule is CC(NC(=O)c1cccc(Br)c1F)c1ccc(Cl)s1. The van der Waals surface area contributed by atoms with Crippen LogP contribution in [0.5, 0.6) is 0 Å². The highest BCUT2D eigenvalue weighted by atomic mass is 79.9. The van der Waals surface area contributed by atoms with E-state index < -0.39 is 11.7 Å². The summed E-state index contributed by atoms with van der Waals surface area (Å²) in [4.78, 5) is 12.9. The first-order valence-electron chi connectivity index (χ1n) is 5.49. The Kier molecular flexibility index (Phi) is 4.60. The van der Waals surface area contributed by atoms with Gasteiger partial charge in [-0.3, -0.25) is 4.79 Å². The molecule has 1 heterocycles. The lowest BCUT2D eigenvalue weighted by molar-refractivity contribution is 0.0936. The minimum absolute atomic E-state index is 0.0175. The predicted molar refractivity (Wildman–Crippen MR) is 79.3 cm³/mol. The van der Waals surface area contributed by atoms with Gasteiger partial charge in [-0.1, -0.05) is 17.7 Å². The molecule has 0 aliphatic rings. The topological polar surface area (TPSA) is 29.1 Å². The molecule has 1 aromatic heterocycles. The maximum atomic E-state index is 13.8. The molecule has 1 aromatic carbocycles. The molecule has 0 spiro atoms. The smallest absolute Gasteiger partial charge is 0.254 e. The van der Waals surface area contributed by atoms with Crippen molar-refractivity contribution in [2.24, 2.45) is 0 Å². The van der Waals surface area contributed by atoms with Crippen LogP contribution >= 0.6 is 38.9 Å². The van der Waals surface area contributed by atoms with Gasteiger partial charge in [-0.05, 0) is 47.1 Å². The Labute approximate surface area is 127 Å². The van der Waals surface area contributed by atoms with Gasteiger partial charge in [0.25, 0.3) is 5.91 Å². The first-order valence-corrected chi connectivity index (χ1v) is 7.48. The van der Waals surface area contributed by atoms with Gasteiger partial charge >= 0.3 is 0 Å². The lowest BCUT2D eigenvalue weighted by atomic mass is 10.2. The molecule has 2 nitrogen and oxygen atoms in total. The molecule has 0 saturated carbocycles. The number of carbonyl (C=O) groups excluding carboxylic acids is 1. The van der Waals surface area contributed by atoms with Crippen LogP contribution in [0.2, 0.25) is 4.34 Å². The second kappa shape index (κ2) is 6.03. The molecule has 0 bridgehead atoms. The molecule has 2 rings (SSSR count). The van der Waals surface area contributed by atoms with Crippen molar-refractivity contribution in [1.29, 1.82) is 0 Å². The van der Waals surface area contributed by atoms with Crippen molar-refractivity contribution >= 4 is 44.8 Å². The molecule has 1 atom stereocenters. The summed E-state index contributed by atoms with van der Waals surface area (Å²) >= 11 is 10.3. The summed E-state index contributed by atoms with van der Waals surface area (Å²) in [6, 6.07) is 8.01. The summed E-state index contributed by atoms with van der Waals surface area (Å²) < 4.78 is 14.7. The van der Waals surface area contributed by atoms with Gasteiger partial charge < -0.3 is 5.32 Å². The van der Waals surface area contributed by atoms with Crippen LogP contribution in [0.25, 0.3) is 0 Å². The van der Waals surface area contributed by atoms with Crippen LogP contribution in [0.4, 0.5) is 4.39 Å². The van der Waals surface area contributed by atoms with E-state index in [9.17, 15) is 9.18 Å². The van der Waals surface area contributed by atoms with Crippen LogP contribution in [-0.2, 0) is 0 Å². The highest BCUT2D eigenvalue weighted by Crippen LogP contribution is 2.27. The van der Waals surface area contributed by atoms with E-state index in [2.05, 4.69) is 21.2 Å². The van der Waals surface area contributed by atoms with E-state index >= 15 is 0 Å². The zero-order valence-corrected chi connectivity index (χ0v) is 13.1. The van der Waals surface area contributed by atoms with Gasteiger partial charge in [0.15, 0.2) is 0 Å². The van der Waals surface area contributed by atoms with Crippen LogP contribution in [0.3, 0.4) is 0 Å². The Balaban J connectivity index is 2.15. The third-order valence-corrected chi connectivity index (χ3v) is 4.59. The van der Waals surface area contributed by atoms with Crippen molar-refractivity contribution in [3.63, 3.8) is 0 Å². The number of nitrogens with one attached hydrogen (secondary N) is 1. The summed E-state index contributed by atoms with van der Waals surface area (Å²) in [6.07, 6.45) is 0. The summed E-state index contributed by atoms with van der Waals surface area (Å²) in [7, 11) is 0. The fraction of sp³-hybridized carbons (Fsp3) is 0.154. The molecular weight excluding hydrogens is 353 g/mol. The molecule has 0 radical (unpaired) electrons. The molecule has 2 aromatic rings. The molecular formula is C13H10BrClFNOS. The summed E-state index contributed by atoms with van der Waals surface area (Å²) in [6.45, 7) is 1.83. The quantitative estimate of drug-likeness (QED) is 0.835. The van der Waals surface area contributed by atoms with Gasteiger partial charge in [-0.2, -0.15) is 0 Å². The molecule has 1 N–H and O–H groups in total. The van der Waals surface area contributed by atoms with E-state index in [0.717, 1.165) is 4.88 Å². The minimum Gasteiger partial charge on any atom is -0.345 e. The van der Waals surface area contributed by atoms with Gasteiger partial charge in [0.2, 0.25) is 0 Å². The average Bonchev–Trinajstić information content (AvgIpc) is 2.79. The zero-order valence-electron chi connectivity index (χ0n) is 9.91. The van der Waals surface area contributed by atoms with Crippen LogP contribution < -0.4 is 5.32 Å². The number of carbonyl (C=O) groups is 1. The van der Waals surface area contributed by atoms with Crippen molar-refractivity contribution in [1.82, 2.24) is 5.32 Å². The largest absolute Gasteiger partial charge is 0.345 e. The average molecular weight is 363 g/mol. The normalized spacial score (nSPS) is 12.2. The van der Waals surface area contributed by atoms with Crippen LogP contribution in [0, 0.1) is 5.82 Å². The Hall–Kier alpha value is -0.910. The van der Waals surface area contributed by atoms with Gasteiger partial charge in [0, 0.05) is 4.88 Å².